The van der Waals surface area contributed by atoms with Gasteiger partial charge in [-0.25, -0.2) is 5.43 Å². The Bertz CT molecular complexity index is 1110. The number of anilines is 1. The van der Waals surface area contributed by atoms with Crippen LogP contribution in [0.25, 0.3) is 0 Å². The fourth-order valence-electron chi connectivity index (χ4n) is 2.52. The number of hydrazone groups is 1. The molecule has 0 atom stereocenters. The average Bonchev–Trinajstić information content (AvgIpc) is 2.72. The van der Waals surface area contributed by atoms with Gasteiger partial charge in [-0.3, -0.25) is 9.59 Å². The van der Waals surface area contributed by atoms with Crippen LogP contribution < -0.4 is 10.7 Å². The summed E-state index contributed by atoms with van der Waals surface area (Å²) in [4.78, 5) is 24.5. The molecule has 3 aromatic rings. The molecule has 0 bridgehead atoms. The molecule has 0 aliphatic carbocycles. The topological polar surface area (TPSA) is 90.8 Å². The lowest BCUT2D eigenvalue weighted by atomic mass is 10.1. The minimum atomic E-state index is -0.420. The van der Waals surface area contributed by atoms with E-state index in [1.54, 1.807) is 48.5 Å². The van der Waals surface area contributed by atoms with Gasteiger partial charge in [-0.15, -0.1) is 0 Å². The molecule has 0 saturated heterocycles. The maximum Gasteiger partial charge on any atom is 0.271 e. The highest BCUT2D eigenvalue weighted by Gasteiger charge is 2.09. The molecule has 0 radical (unpaired) electrons. The monoisotopic (exact) mass is 529 g/mol. The van der Waals surface area contributed by atoms with E-state index in [2.05, 4.69) is 47.7 Å². The third kappa shape index (κ3) is 5.55. The average molecular weight is 531 g/mol. The molecule has 0 aliphatic heterocycles. The van der Waals surface area contributed by atoms with Crippen LogP contribution in [0.2, 0.25) is 0 Å². The van der Waals surface area contributed by atoms with E-state index < -0.39 is 5.91 Å². The van der Waals surface area contributed by atoms with Crippen molar-refractivity contribution in [2.45, 2.75) is 6.92 Å². The predicted octanol–water partition coefficient (Wildman–Crippen LogP) is 5.24. The summed E-state index contributed by atoms with van der Waals surface area (Å²) < 4.78 is 1.26. The van der Waals surface area contributed by atoms with Crippen molar-refractivity contribution in [3.05, 3.63) is 91.9 Å². The third-order valence-electron chi connectivity index (χ3n) is 4.15. The van der Waals surface area contributed by atoms with Gasteiger partial charge in [0.25, 0.3) is 11.8 Å². The number of benzene rings is 3. The van der Waals surface area contributed by atoms with Crippen LogP contribution in [-0.2, 0) is 0 Å². The number of phenolic OH excluding ortho intramolecular Hbond substituents is 1. The molecule has 3 aromatic carbocycles. The number of nitrogens with one attached hydrogen (secondary N) is 2. The van der Waals surface area contributed by atoms with Crippen molar-refractivity contribution in [1.82, 2.24) is 5.43 Å². The minimum Gasteiger partial charge on any atom is -0.506 e. The first-order chi connectivity index (χ1) is 14.3. The lowest BCUT2D eigenvalue weighted by Crippen LogP contribution is -2.18. The maximum absolute atomic E-state index is 12.3. The van der Waals surface area contributed by atoms with Crippen molar-refractivity contribution in [3.63, 3.8) is 0 Å². The van der Waals surface area contributed by atoms with E-state index >= 15 is 0 Å². The van der Waals surface area contributed by atoms with Crippen molar-refractivity contribution in [2.24, 2.45) is 5.10 Å². The number of hydrogen-bond acceptors (Lipinski definition) is 4. The van der Waals surface area contributed by atoms with E-state index in [0.29, 0.717) is 26.9 Å². The van der Waals surface area contributed by atoms with Crippen molar-refractivity contribution in [3.8, 4) is 5.75 Å². The summed E-state index contributed by atoms with van der Waals surface area (Å²) in [5.74, 6) is -0.627. The molecule has 0 aromatic heterocycles. The lowest BCUT2D eigenvalue weighted by Gasteiger charge is -2.07. The van der Waals surface area contributed by atoms with Crippen molar-refractivity contribution >= 4 is 55.6 Å². The van der Waals surface area contributed by atoms with Gasteiger partial charge in [0.1, 0.15) is 5.75 Å². The lowest BCUT2D eigenvalue weighted by molar-refractivity contribution is 0.0954. The molecular formula is C22H17Br2N3O3. The van der Waals surface area contributed by atoms with Gasteiger partial charge in [0.2, 0.25) is 0 Å². The Hall–Kier alpha value is -2.97. The highest BCUT2D eigenvalue weighted by atomic mass is 79.9. The SMILES string of the molecule is Cc1ccc(C(=O)Nc2ccc(C(=O)N/N=C\c3cc(Br)cc(Br)c3O)cc2)cc1. The molecule has 0 fully saturated rings. The second kappa shape index (κ2) is 9.69. The summed E-state index contributed by atoms with van der Waals surface area (Å²) in [5, 5.41) is 16.7. The van der Waals surface area contributed by atoms with E-state index in [9.17, 15) is 14.7 Å². The molecule has 0 saturated carbocycles. The zero-order valence-electron chi connectivity index (χ0n) is 15.8. The van der Waals surface area contributed by atoms with Crippen LogP contribution in [0, 0.1) is 6.92 Å². The van der Waals surface area contributed by atoms with Crippen LogP contribution in [0.15, 0.2) is 74.7 Å². The molecule has 2 amide bonds. The van der Waals surface area contributed by atoms with Crippen LogP contribution >= 0.6 is 31.9 Å². The summed E-state index contributed by atoms with van der Waals surface area (Å²) in [6.07, 6.45) is 1.35. The smallest absolute Gasteiger partial charge is 0.271 e. The zero-order valence-corrected chi connectivity index (χ0v) is 19.0. The number of hydrogen-bond donors (Lipinski definition) is 3. The van der Waals surface area contributed by atoms with Gasteiger partial charge in [-0.05, 0) is 71.4 Å². The maximum atomic E-state index is 12.3. The van der Waals surface area contributed by atoms with E-state index in [4.69, 9.17) is 0 Å². The number of nitrogens with zero attached hydrogens (tertiary/aromatic N) is 1. The molecule has 0 unspecified atom stereocenters. The molecule has 3 N–H and O–H groups in total. The van der Waals surface area contributed by atoms with Crippen LogP contribution in [0.5, 0.6) is 5.75 Å². The molecule has 3 rings (SSSR count). The quantitative estimate of drug-likeness (QED) is 0.311. The van der Waals surface area contributed by atoms with Gasteiger partial charge < -0.3 is 10.4 Å². The highest BCUT2D eigenvalue weighted by molar-refractivity contribution is 9.11. The zero-order chi connectivity index (χ0) is 21.7. The van der Waals surface area contributed by atoms with Crippen LogP contribution in [0.3, 0.4) is 0 Å². The Morgan fingerprint density at radius 3 is 2.20 bits per heavy atom. The van der Waals surface area contributed by atoms with E-state index in [1.807, 2.05) is 19.1 Å². The van der Waals surface area contributed by atoms with E-state index in [1.165, 1.54) is 6.21 Å². The fourth-order valence-corrected chi connectivity index (χ4v) is 3.78. The standard InChI is InChI=1S/C22H17Br2N3O3/c1-13-2-4-14(5-3-13)21(29)26-18-8-6-15(7-9-18)22(30)27-25-12-16-10-17(23)11-19(24)20(16)28/h2-12,28H,1H3,(H,26,29)(H,27,30)/b25-12-. The van der Waals surface area contributed by atoms with Gasteiger partial charge >= 0.3 is 0 Å². The number of carbonyl (C=O) groups excluding carboxylic acids is 2. The Kier molecular flexibility index (Phi) is 7.02. The summed E-state index contributed by atoms with van der Waals surface area (Å²) in [6.45, 7) is 1.95. The third-order valence-corrected chi connectivity index (χ3v) is 5.21. The number of halogens is 2. The molecule has 0 aliphatic rings. The van der Waals surface area contributed by atoms with Gasteiger partial charge in [0.05, 0.1) is 10.7 Å². The summed E-state index contributed by atoms with van der Waals surface area (Å²) in [6, 6.07) is 17.1. The number of aromatic hydroxyl groups is 1. The first kappa shape index (κ1) is 21.7. The first-order valence-electron chi connectivity index (χ1n) is 8.83. The molecule has 8 heteroatoms. The van der Waals surface area contributed by atoms with Gasteiger partial charge in [0.15, 0.2) is 0 Å². The molecular weight excluding hydrogens is 514 g/mol. The number of phenols is 1. The molecule has 0 spiro atoms. The fraction of sp³-hybridized carbons (Fsp3) is 0.0455. The summed E-state index contributed by atoms with van der Waals surface area (Å²) >= 11 is 6.56. The minimum absolute atomic E-state index is 0.0184. The van der Waals surface area contributed by atoms with Gasteiger partial charge in [-0.2, -0.15) is 5.10 Å². The molecule has 152 valence electrons. The Labute approximate surface area is 190 Å². The molecule has 6 nitrogen and oxygen atoms in total. The number of aryl methyl sites for hydroxylation is 1. The Morgan fingerprint density at radius 1 is 0.933 bits per heavy atom. The van der Waals surface area contributed by atoms with Crippen molar-refractivity contribution in [2.75, 3.05) is 5.32 Å². The van der Waals surface area contributed by atoms with Crippen LogP contribution in [0.1, 0.15) is 31.8 Å². The Balaban J connectivity index is 1.61. The molecule has 30 heavy (non-hydrogen) atoms. The normalized spacial score (nSPS) is 10.8. The van der Waals surface area contributed by atoms with Gasteiger partial charge in [-0.1, -0.05) is 33.6 Å². The summed E-state index contributed by atoms with van der Waals surface area (Å²) in [7, 11) is 0. The Morgan fingerprint density at radius 2 is 1.53 bits per heavy atom. The largest absolute Gasteiger partial charge is 0.506 e. The molecule has 0 heterocycles. The van der Waals surface area contributed by atoms with Crippen LogP contribution in [-0.4, -0.2) is 23.1 Å². The predicted molar refractivity (Wildman–Crippen MR) is 124 cm³/mol. The second-order valence-corrected chi connectivity index (χ2v) is 8.19. The van der Waals surface area contributed by atoms with Crippen molar-refractivity contribution < 1.29 is 14.7 Å². The van der Waals surface area contributed by atoms with Crippen LogP contribution in [0.4, 0.5) is 5.69 Å². The number of carbonyl (C=O) groups is 2. The summed E-state index contributed by atoms with van der Waals surface area (Å²) in [5.41, 5.74) is 5.42. The van der Waals surface area contributed by atoms with E-state index in [0.717, 1.165) is 10.0 Å². The van der Waals surface area contributed by atoms with Gasteiger partial charge in [0, 0.05) is 26.9 Å². The second-order valence-electron chi connectivity index (χ2n) is 6.42. The first-order valence-corrected chi connectivity index (χ1v) is 10.4. The van der Waals surface area contributed by atoms with Crippen molar-refractivity contribution in [1.29, 1.82) is 0 Å². The number of rotatable bonds is 5. The van der Waals surface area contributed by atoms with E-state index in [-0.39, 0.29) is 11.7 Å². The number of amides is 2. The highest BCUT2D eigenvalue weighted by Crippen LogP contribution is 2.30.